The Bertz CT molecular complexity index is 629. The third kappa shape index (κ3) is 6.12. The predicted molar refractivity (Wildman–Crippen MR) is 102 cm³/mol. The number of hydrogen-bond acceptors (Lipinski definition) is 3. The number of nitrogens with zero attached hydrogens (tertiary/aromatic N) is 2. The molecule has 1 N–H and O–H groups in total. The Labute approximate surface area is 160 Å². The number of amides is 3. The van der Waals surface area contributed by atoms with E-state index in [1.54, 1.807) is 17.0 Å². The monoisotopic (exact) mass is 379 g/mol. The summed E-state index contributed by atoms with van der Waals surface area (Å²) in [6.07, 6.45) is 1.38. The number of carbonyl (C=O) groups is 2. The van der Waals surface area contributed by atoms with E-state index in [-0.39, 0.29) is 36.3 Å². The van der Waals surface area contributed by atoms with Crippen LogP contribution in [-0.2, 0) is 4.79 Å². The van der Waals surface area contributed by atoms with E-state index in [0.717, 1.165) is 13.1 Å². The molecule has 27 heavy (non-hydrogen) atoms. The molecule has 1 aromatic carbocycles. The summed E-state index contributed by atoms with van der Waals surface area (Å²) in [6, 6.07) is 5.56. The summed E-state index contributed by atoms with van der Waals surface area (Å²) in [6.45, 7) is 8.65. The highest BCUT2D eigenvalue weighted by Gasteiger charge is 2.29. The molecule has 1 fully saturated rings. The highest BCUT2D eigenvalue weighted by atomic mass is 19.1. The predicted octanol–water partition coefficient (Wildman–Crippen LogP) is 2.88. The highest BCUT2D eigenvalue weighted by Crippen LogP contribution is 2.20. The molecule has 1 aliphatic heterocycles. The van der Waals surface area contributed by atoms with Gasteiger partial charge in [-0.05, 0) is 45.7 Å². The summed E-state index contributed by atoms with van der Waals surface area (Å²) in [5.74, 6) is 0.276. The molecule has 0 aliphatic carbocycles. The first-order valence-corrected chi connectivity index (χ1v) is 9.67. The first-order valence-electron chi connectivity index (χ1n) is 9.67. The molecule has 6 nitrogen and oxygen atoms in total. The topological polar surface area (TPSA) is 61.9 Å². The lowest BCUT2D eigenvalue weighted by molar-refractivity contribution is -0.136. The number of urea groups is 1. The number of carbonyl (C=O) groups excluding carboxylic acids is 2. The highest BCUT2D eigenvalue weighted by molar-refractivity contribution is 5.79. The zero-order valence-corrected chi connectivity index (χ0v) is 16.4. The second kappa shape index (κ2) is 10.1. The lowest BCUT2D eigenvalue weighted by atomic mass is 9.95. The molecule has 0 bridgehead atoms. The molecule has 0 unspecified atom stereocenters. The van der Waals surface area contributed by atoms with Crippen molar-refractivity contribution in [1.29, 1.82) is 0 Å². The molecule has 0 radical (unpaired) electrons. The Hall–Kier alpha value is -2.31. The summed E-state index contributed by atoms with van der Waals surface area (Å²) in [5, 5.41) is 2.90. The summed E-state index contributed by atoms with van der Waals surface area (Å²) < 4.78 is 18.7. The molecule has 1 aromatic rings. The van der Waals surface area contributed by atoms with Crippen molar-refractivity contribution in [3.8, 4) is 5.75 Å². The maximum atomic E-state index is 13.1. The fraction of sp³-hybridized carbons (Fsp3) is 0.600. The summed E-state index contributed by atoms with van der Waals surface area (Å²) in [4.78, 5) is 28.4. The third-order valence-electron chi connectivity index (χ3n) is 4.87. The lowest BCUT2D eigenvalue weighted by Gasteiger charge is -2.34. The Kier molecular flexibility index (Phi) is 7.88. The first kappa shape index (κ1) is 21.0. The zero-order valence-electron chi connectivity index (χ0n) is 16.4. The van der Waals surface area contributed by atoms with Gasteiger partial charge in [0.15, 0.2) is 0 Å². The van der Waals surface area contributed by atoms with Crippen molar-refractivity contribution in [2.45, 2.75) is 39.7 Å². The maximum absolute atomic E-state index is 13.1. The van der Waals surface area contributed by atoms with Crippen LogP contribution in [0.1, 0.15) is 33.6 Å². The second-order valence-electron chi connectivity index (χ2n) is 6.89. The number of nitrogens with one attached hydrogen (secondary N) is 1. The zero-order chi connectivity index (χ0) is 19.8. The van der Waals surface area contributed by atoms with Gasteiger partial charge in [0.05, 0.1) is 6.04 Å². The Balaban J connectivity index is 1.74. The SMILES string of the molecule is CCN(CC)C(=O)C1CCN(C(=O)N[C@@H](C)COc2cccc(F)c2)CC1. The molecule has 0 saturated carbocycles. The van der Waals surface area contributed by atoms with Crippen LogP contribution in [0.4, 0.5) is 9.18 Å². The molecule has 1 saturated heterocycles. The number of ether oxygens (including phenoxy) is 1. The first-order chi connectivity index (χ1) is 12.9. The lowest BCUT2D eigenvalue weighted by Crippen LogP contribution is -2.50. The number of likely N-dealkylation sites (tertiary alicyclic amines) is 1. The number of benzene rings is 1. The number of hydrogen-bond donors (Lipinski definition) is 1. The Morgan fingerprint density at radius 1 is 1.30 bits per heavy atom. The molecule has 2 rings (SSSR count). The van der Waals surface area contributed by atoms with E-state index in [0.29, 0.717) is 31.7 Å². The van der Waals surface area contributed by atoms with Gasteiger partial charge in [-0.15, -0.1) is 0 Å². The molecule has 150 valence electrons. The third-order valence-corrected chi connectivity index (χ3v) is 4.87. The van der Waals surface area contributed by atoms with Gasteiger partial charge in [-0.2, -0.15) is 0 Å². The molecular weight excluding hydrogens is 349 g/mol. The summed E-state index contributed by atoms with van der Waals surface area (Å²) in [7, 11) is 0. The molecule has 1 heterocycles. The average Bonchev–Trinajstić information content (AvgIpc) is 2.67. The fourth-order valence-corrected chi connectivity index (χ4v) is 3.24. The van der Waals surface area contributed by atoms with Gasteiger partial charge >= 0.3 is 6.03 Å². The molecule has 1 aliphatic rings. The van der Waals surface area contributed by atoms with E-state index < -0.39 is 0 Å². The normalized spacial score (nSPS) is 15.9. The van der Waals surface area contributed by atoms with E-state index in [1.165, 1.54) is 12.1 Å². The van der Waals surface area contributed by atoms with Gasteiger partial charge in [-0.1, -0.05) is 6.07 Å². The van der Waals surface area contributed by atoms with E-state index in [4.69, 9.17) is 4.74 Å². The second-order valence-corrected chi connectivity index (χ2v) is 6.89. The van der Waals surface area contributed by atoms with Gasteiger partial charge in [0, 0.05) is 38.2 Å². The smallest absolute Gasteiger partial charge is 0.317 e. The van der Waals surface area contributed by atoms with Gasteiger partial charge < -0.3 is 19.9 Å². The minimum atomic E-state index is -0.355. The number of rotatable bonds is 7. The van der Waals surface area contributed by atoms with E-state index in [2.05, 4.69) is 5.32 Å². The summed E-state index contributed by atoms with van der Waals surface area (Å²) >= 11 is 0. The van der Waals surface area contributed by atoms with Crippen molar-refractivity contribution >= 4 is 11.9 Å². The fourth-order valence-electron chi connectivity index (χ4n) is 3.24. The van der Waals surface area contributed by atoms with Crippen molar-refractivity contribution in [2.24, 2.45) is 5.92 Å². The van der Waals surface area contributed by atoms with Gasteiger partial charge in [-0.3, -0.25) is 4.79 Å². The van der Waals surface area contributed by atoms with Crippen molar-refractivity contribution in [3.63, 3.8) is 0 Å². The van der Waals surface area contributed by atoms with E-state index in [1.807, 2.05) is 25.7 Å². The molecule has 1 atom stereocenters. The minimum absolute atomic E-state index is 0.00249. The van der Waals surface area contributed by atoms with Crippen LogP contribution in [-0.4, -0.2) is 60.6 Å². The van der Waals surface area contributed by atoms with Crippen LogP contribution in [0, 0.1) is 11.7 Å². The number of halogens is 1. The van der Waals surface area contributed by atoms with E-state index >= 15 is 0 Å². The van der Waals surface area contributed by atoms with E-state index in [9.17, 15) is 14.0 Å². The Morgan fingerprint density at radius 3 is 2.56 bits per heavy atom. The van der Waals surface area contributed by atoms with Gasteiger partial charge in [-0.25, -0.2) is 9.18 Å². The van der Waals surface area contributed by atoms with Gasteiger partial charge in [0.2, 0.25) is 5.91 Å². The van der Waals surface area contributed by atoms with Crippen LogP contribution in [0.3, 0.4) is 0 Å². The summed E-state index contributed by atoms with van der Waals surface area (Å²) in [5.41, 5.74) is 0. The largest absolute Gasteiger partial charge is 0.491 e. The van der Waals surface area contributed by atoms with Crippen LogP contribution in [0.25, 0.3) is 0 Å². The standard InChI is InChI=1S/C20H30FN3O3/c1-4-23(5-2)19(25)16-9-11-24(12-10-16)20(26)22-15(3)14-27-18-8-6-7-17(21)13-18/h6-8,13,15-16H,4-5,9-12,14H2,1-3H3,(H,22,26)/t15-/m0/s1. The molecule has 7 heteroatoms. The van der Waals surface area contributed by atoms with Crippen molar-refractivity contribution in [1.82, 2.24) is 15.1 Å². The van der Waals surface area contributed by atoms with Crippen molar-refractivity contribution in [3.05, 3.63) is 30.1 Å². The van der Waals surface area contributed by atoms with Crippen LogP contribution in [0.2, 0.25) is 0 Å². The minimum Gasteiger partial charge on any atom is -0.491 e. The van der Waals surface area contributed by atoms with Crippen LogP contribution >= 0.6 is 0 Å². The molecule has 0 aromatic heterocycles. The van der Waals surface area contributed by atoms with Crippen molar-refractivity contribution in [2.75, 3.05) is 32.8 Å². The molecular formula is C20H30FN3O3. The van der Waals surface area contributed by atoms with Gasteiger partial charge in [0.1, 0.15) is 18.2 Å². The molecule has 0 spiro atoms. The maximum Gasteiger partial charge on any atom is 0.317 e. The molecule has 3 amide bonds. The van der Waals surface area contributed by atoms with Crippen LogP contribution < -0.4 is 10.1 Å². The Morgan fingerprint density at radius 2 is 1.96 bits per heavy atom. The average molecular weight is 379 g/mol. The van der Waals surface area contributed by atoms with Crippen LogP contribution in [0.5, 0.6) is 5.75 Å². The number of piperidine rings is 1. The quantitative estimate of drug-likeness (QED) is 0.792. The van der Waals surface area contributed by atoms with Gasteiger partial charge in [0.25, 0.3) is 0 Å². The van der Waals surface area contributed by atoms with Crippen molar-refractivity contribution < 1.29 is 18.7 Å². The van der Waals surface area contributed by atoms with Crippen LogP contribution in [0.15, 0.2) is 24.3 Å².